The molecule has 0 saturated heterocycles. The monoisotopic (exact) mass is 235 g/mol. The molecule has 2 unspecified atom stereocenters. The Morgan fingerprint density at radius 2 is 2.18 bits per heavy atom. The summed E-state index contributed by atoms with van der Waals surface area (Å²) >= 11 is 0. The number of nitrogens with zero attached hydrogens (tertiary/aromatic N) is 2. The van der Waals surface area contributed by atoms with Gasteiger partial charge in [-0.1, -0.05) is 19.8 Å². The molecule has 1 fully saturated rings. The van der Waals surface area contributed by atoms with Crippen molar-refractivity contribution in [3.63, 3.8) is 0 Å². The normalized spacial score (nSPS) is 25.4. The molecule has 1 saturated carbocycles. The van der Waals surface area contributed by atoms with E-state index in [4.69, 9.17) is 0 Å². The standard InChI is InChI=1S/C14H25N3/c1-11(2)17-10-15-8-13(17)9-16-14-7-5-4-6-12(14)3/h8,10-12,14,16H,4-7,9H2,1-3H3. The Morgan fingerprint density at radius 1 is 1.41 bits per heavy atom. The van der Waals surface area contributed by atoms with Crippen molar-refractivity contribution in [2.75, 3.05) is 0 Å². The van der Waals surface area contributed by atoms with Gasteiger partial charge in [-0.15, -0.1) is 0 Å². The molecule has 2 atom stereocenters. The van der Waals surface area contributed by atoms with E-state index in [1.54, 1.807) is 0 Å². The molecule has 1 N–H and O–H groups in total. The molecule has 0 aliphatic heterocycles. The highest BCUT2D eigenvalue weighted by Gasteiger charge is 2.20. The molecule has 1 aliphatic rings. The first-order chi connectivity index (χ1) is 8.18. The lowest BCUT2D eigenvalue weighted by Crippen LogP contribution is -2.37. The molecule has 0 radical (unpaired) electrons. The predicted molar refractivity (Wildman–Crippen MR) is 70.9 cm³/mol. The summed E-state index contributed by atoms with van der Waals surface area (Å²) in [6.45, 7) is 7.73. The second-order valence-electron chi connectivity index (χ2n) is 5.64. The zero-order valence-electron chi connectivity index (χ0n) is 11.3. The number of hydrogen-bond donors (Lipinski definition) is 1. The van der Waals surface area contributed by atoms with Gasteiger partial charge in [0.25, 0.3) is 0 Å². The van der Waals surface area contributed by atoms with E-state index in [2.05, 4.69) is 35.6 Å². The SMILES string of the molecule is CC1CCCCC1NCc1cncn1C(C)C. The molecule has 17 heavy (non-hydrogen) atoms. The van der Waals surface area contributed by atoms with Crippen LogP contribution in [0.25, 0.3) is 0 Å². The highest BCUT2D eigenvalue weighted by Crippen LogP contribution is 2.24. The quantitative estimate of drug-likeness (QED) is 0.869. The number of imidazole rings is 1. The molecular formula is C14H25N3. The lowest BCUT2D eigenvalue weighted by molar-refractivity contribution is 0.277. The van der Waals surface area contributed by atoms with Gasteiger partial charge in [-0.3, -0.25) is 0 Å². The van der Waals surface area contributed by atoms with Crippen LogP contribution in [0.15, 0.2) is 12.5 Å². The van der Waals surface area contributed by atoms with Crippen LogP contribution < -0.4 is 5.32 Å². The van der Waals surface area contributed by atoms with E-state index in [9.17, 15) is 0 Å². The topological polar surface area (TPSA) is 29.9 Å². The average molecular weight is 235 g/mol. The van der Waals surface area contributed by atoms with E-state index in [1.165, 1.54) is 31.4 Å². The summed E-state index contributed by atoms with van der Waals surface area (Å²) in [5, 5.41) is 3.71. The van der Waals surface area contributed by atoms with Crippen LogP contribution in [0.4, 0.5) is 0 Å². The zero-order valence-corrected chi connectivity index (χ0v) is 11.3. The minimum atomic E-state index is 0.498. The van der Waals surface area contributed by atoms with E-state index >= 15 is 0 Å². The lowest BCUT2D eigenvalue weighted by atomic mass is 9.86. The van der Waals surface area contributed by atoms with Crippen molar-refractivity contribution in [2.45, 2.75) is 65.1 Å². The molecule has 96 valence electrons. The molecule has 3 heteroatoms. The van der Waals surface area contributed by atoms with Crippen LogP contribution in [-0.2, 0) is 6.54 Å². The van der Waals surface area contributed by atoms with E-state index in [0.717, 1.165) is 12.5 Å². The van der Waals surface area contributed by atoms with Crippen molar-refractivity contribution in [1.82, 2.24) is 14.9 Å². The first-order valence-electron chi connectivity index (χ1n) is 6.92. The third kappa shape index (κ3) is 3.09. The van der Waals surface area contributed by atoms with Crippen molar-refractivity contribution in [3.8, 4) is 0 Å². The van der Waals surface area contributed by atoms with Crippen LogP contribution >= 0.6 is 0 Å². The first-order valence-corrected chi connectivity index (χ1v) is 6.92. The van der Waals surface area contributed by atoms with Gasteiger partial charge in [-0.05, 0) is 32.6 Å². The van der Waals surface area contributed by atoms with Gasteiger partial charge in [0.05, 0.1) is 12.0 Å². The fourth-order valence-electron chi connectivity index (χ4n) is 2.79. The summed E-state index contributed by atoms with van der Waals surface area (Å²) in [7, 11) is 0. The van der Waals surface area contributed by atoms with E-state index in [-0.39, 0.29) is 0 Å². The summed E-state index contributed by atoms with van der Waals surface area (Å²) < 4.78 is 2.25. The predicted octanol–water partition coefficient (Wildman–Crippen LogP) is 3.13. The Balaban J connectivity index is 1.90. The molecular weight excluding hydrogens is 210 g/mol. The van der Waals surface area contributed by atoms with Gasteiger partial charge in [0.15, 0.2) is 0 Å². The fraction of sp³-hybridized carbons (Fsp3) is 0.786. The Morgan fingerprint density at radius 3 is 2.88 bits per heavy atom. The van der Waals surface area contributed by atoms with Crippen molar-refractivity contribution >= 4 is 0 Å². The zero-order chi connectivity index (χ0) is 12.3. The molecule has 1 aromatic heterocycles. The number of hydrogen-bond acceptors (Lipinski definition) is 2. The van der Waals surface area contributed by atoms with Gasteiger partial charge < -0.3 is 9.88 Å². The maximum absolute atomic E-state index is 4.25. The van der Waals surface area contributed by atoms with E-state index in [1.807, 2.05) is 12.5 Å². The Bertz CT molecular complexity index is 343. The van der Waals surface area contributed by atoms with Crippen LogP contribution in [-0.4, -0.2) is 15.6 Å². The molecule has 1 heterocycles. The summed E-state index contributed by atoms with van der Waals surface area (Å²) in [4.78, 5) is 4.25. The lowest BCUT2D eigenvalue weighted by Gasteiger charge is -2.29. The summed E-state index contributed by atoms with van der Waals surface area (Å²) in [6.07, 6.45) is 9.42. The van der Waals surface area contributed by atoms with Crippen LogP contribution in [0.5, 0.6) is 0 Å². The van der Waals surface area contributed by atoms with Gasteiger partial charge in [0.1, 0.15) is 0 Å². The van der Waals surface area contributed by atoms with Crippen molar-refractivity contribution in [1.29, 1.82) is 0 Å². The second-order valence-corrected chi connectivity index (χ2v) is 5.64. The van der Waals surface area contributed by atoms with Gasteiger partial charge in [-0.2, -0.15) is 0 Å². The Kier molecular flexibility index (Phi) is 4.21. The molecule has 0 amide bonds. The molecule has 3 nitrogen and oxygen atoms in total. The maximum atomic E-state index is 4.25. The van der Waals surface area contributed by atoms with Gasteiger partial charge in [0.2, 0.25) is 0 Å². The average Bonchev–Trinajstić information content (AvgIpc) is 2.76. The maximum Gasteiger partial charge on any atom is 0.0951 e. The number of rotatable bonds is 4. The molecule has 1 aliphatic carbocycles. The molecule has 0 aromatic carbocycles. The fourth-order valence-corrected chi connectivity index (χ4v) is 2.79. The first kappa shape index (κ1) is 12.6. The second kappa shape index (κ2) is 5.67. The molecule has 2 rings (SSSR count). The number of nitrogens with one attached hydrogen (secondary N) is 1. The van der Waals surface area contributed by atoms with Crippen LogP contribution in [0.1, 0.15) is 58.2 Å². The van der Waals surface area contributed by atoms with E-state index < -0.39 is 0 Å². The highest BCUT2D eigenvalue weighted by atomic mass is 15.1. The molecule has 0 bridgehead atoms. The summed E-state index contributed by atoms with van der Waals surface area (Å²) in [5.74, 6) is 0.819. The van der Waals surface area contributed by atoms with Crippen LogP contribution in [0.2, 0.25) is 0 Å². The Labute approximate surface area is 105 Å². The van der Waals surface area contributed by atoms with Gasteiger partial charge in [-0.25, -0.2) is 4.98 Å². The Hall–Kier alpha value is -0.830. The third-order valence-corrected chi connectivity index (χ3v) is 3.96. The largest absolute Gasteiger partial charge is 0.331 e. The minimum Gasteiger partial charge on any atom is -0.331 e. The van der Waals surface area contributed by atoms with E-state index in [0.29, 0.717) is 12.1 Å². The summed E-state index contributed by atoms with van der Waals surface area (Å²) in [6, 6.07) is 1.19. The molecule has 1 aromatic rings. The third-order valence-electron chi connectivity index (χ3n) is 3.96. The van der Waals surface area contributed by atoms with Crippen LogP contribution in [0, 0.1) is 5.92 Å². The van der Waals surface area contributed by atoms with Crippen molar-refractivity contribution < 1.29 is 0 Å². The van der Waals surface area contributed by atoms with Gasteiger partial charge >= 0.3 is 0 Å². The smallest absolute Gasteiger partial charge is 0.0951 e. The van der Waals surface area contributed by atoms with Gasteiger partial charge in [0, 0.05) is 24.8 Å². The minimum absolute atomic E-state index is 0.498. The van der Waals surface area contributed by atoms with Crippen molar-refractivity contribution in [2.24, 2.45) is 5.92 Å². The van der Waals surface area contributed by atoms with Crippen LogP contribution in [0.3, 0.4) is 0 Å². The number of aromatic nitrogens is 2. The summed E-state index contributed by atoms with van der Waals surface area (Å²) in [5.41, 5.74) is 1.30. The highest BCUT2D eigenvalue weighted by molar-refractivity contribution is 5.00. The van der Waals surface area contributed by atoms with Crippen molar-refractivity contribution in [3.05, 3.63) is 18.2 Å². The molecule has 0 spiro atoms.